The summed E-state index contributed by atoms with van der Waals surface area (Å²) in [7, 11) is -3.72. The van der Waals surface area contributed by atoms with Crippen molar-refractivity contribution in [2.24, 2.45) is 0 Å². The number of ether oxygens (including phenoxy) is 1. The molecule has 0 radical (unpaired) electrons. The summed E-state index contributed by atoms with van der Waals surface area (Å²) in [4.78, 5) is 12.3. The standard InChI is InChI=1S/C30H35N3O5S/c1-4-38-29(35)24-14-13-22-15-17-33(27(22)20-24)18-16-30(2,3)31-21-28(34)23-9-8-10-25(19-23)32-39(36,37)26-11-6-5-7-12-26/h5-15,17,19-20,28,31-32,34H,4,16,18,21H2,1-3H3. The van der Waals surface area contributed by atoms with E-state index < -0.39 is 16.1 Å². The van der Waals surface area contributed by atoms with E-state index >= 15 is 0 Å². The van der Waals surface area contributed by atoms with Crippen LogP contribution in [0.2, 0.25) is 0 Å². The zero-order valence-corrected chi connectivity index (χ0v) is 23.2. The third-order valence-corrected chi connectivity index (χ3v) is 8.01. The SMILES string of the molecule is CCOC(=O)c1ccc2ccn(CCC(C)(C)NCC(O)c3cccc(NS(=O)(=O)c4ccccc4)c3)c2c1. The molecule has 0 aliphatic carbocycles. The molecule has 0 bridgehead atoms. The number of esters is 1. The first-order valence-corrected chi connectivity index (χ1v) is 14.4. The Morgan fingerprint density at radius 2 is 1.79 bits per heavy atom. The van der Waals surface area contributed by atoms with E-state index in [0.29, 0.717) is 36.5 Å². The average Bonchev–Trinajstić information content (AvgIpc) is 3.33. The molecular formula is C30H35N3O5S. The number of benzene rings is 3. The molecule has 0 saturated heterocycles. The van der Waals surface area contributed by atoms with E-state index in [-0.39, 0.29) is 16.4 Å². The molecule has 3 aromatic carbocycles. The highest BCUT2D eigenvalue weighted by atomic mass is 32.2. The van der Waals surface area contributed by atoms with Crippen LogP contribution in [0, 0.1) is 0 Å². The first-order chi connectivity index (χ1) is 18.6. The Hall–Kier alpha value is -3.66. The molecule has 0 amide bonds. The highest BCUT2D eigenvalue weighted by molar-refractivity contribution is 7.92. The van der Waals surface area contributed by atoms with Crippen LogP contribution in [0.15, 0.2) is 90.0 Å². The Morgan fingerprint density at radius 3 is 2.54 bits per heavy atom. The minimum atomic E-state index is -3.72. The zero-order chi connectivity index (χ0) is 28.0. The summed E-state index contributed by atoms with van der Waals surface area (Å²) in [5.41, 5.74) is 2.18. The monoisotopic (exact) mass is 549 g/mol. The van der Waals surface area contributed by atoms with Crippen LogP contribution in [0.1, 0.15) is 49.2 Å². The highest BCUT2D eigenvalue weighted by Gasteiger charge is 2.21. The van der Waals surface area contributed by atoms with Gasteiger partial charge < -0.3 is 19.7 Å². The molecule has 39 heavy (non-hydrogen) atoms. The number of nitrogens with one attached hydrogen (secondary N) is 2. The molecule has 206 valence electrons. The number of sulfonamides is 1. The summed E-state index contributed by atoms with van der Waals surface area (Å²) in [6, 6.07) is 22.5. The second-order valence-electron chi connectivity index (χ2n) is 10.1. The first kappa shape index (κ1) is 28.4. The fourth-order valence-electron chi connectivity index (χ4n) is 4.32. The van der Waals surface area contributed by atoms with E-state index in [0.717, 1.165) is 17.3 Å². The van der Waals surface area contributed by atoms with Gasteiger partial charge in [-0.3, -0.25) is 4.72 Å². The molecule has 0 saturated carbocycles. The number of anilines is 1. The van der Waals surface area contributed by atoms with E-state index in [2.05, 4.69) is 28.5 Å². The number of carbonyl (C=O) groups excluding carboxylic acids is 1. The number of fused-ring (bicyclic) bond motifs is 1. The van der Waals surface area contributed by atoms with Crippen LogP contribution in [0.4, 0.5) is 5.69 Å². The van der Waals surface area contributed by atoms with Gasteiger partial charge >= 0.3 is 5.97 Å². The second kappa shape index (κ2) is 12.0. The number of nitrogens with zero attached hydrogens (tertiary/aromatic N) is 1. The predicted octanol–water partition coefficient (Wildman–Crippen LogP) is 5.11. The number of aromatic nitrogens is 1. The lowest BCUT2D eigenvalue weighted by atomic mass is 9.99. The number of β-amino-alcohol motifs (C(OH)–C–C–N with tert-alkyl or cyclic N) is 1. The molecule has 1 aromatic heterocycles. The maximum Gasteiger partial charge on any atom is 0.338 e. The average molecular weight is 550 g/mol. The maximum atomic E-state index is 12.7. The third kappa shape index (κ3) is 7.26. The van der Waals surface area contributed by atoms with E-state index in [1.165, 1.54) is 12.1 Å². The molecule has 4 rings (SSSR count). The molecule has 3 N–H and O–H groups in total. The van der Waals surface area contributed by atoms with E-state index in [1.54, 1.807) is 55.5 Å². The van der Waals surface area contributed by atoms with Crippen molar-refractivity contribution >= 4 is 32.6 Å². The normalized spacial score (nSPS) is 12.8. The number of carbonyl (C=O) groups is 1. The zero-order valence-electron chi connectivity index (χ0n) is 22.4. The minimum Gasteiger partial charge on any atom is -0.462 e. The number of hydrogen-bond donors (Lipinski definition) is 3. The molecule has 0 fully saturated rings. The quantitative estimate of drug-likeness (QED) is 0.212. The van der Waals surface area contributed by atoms with Gasteiger partial charge in [-0.25, -0.2) is 13.2 Å². The Morgan fingerprint density at radius 1 is 1.03 bits per heavy atom. The topological polar surface area (TPSA) is 110 Å². The largest absolute Gasteiger partial charge is 0.462 e. The molecule has 1 atom stereocenters. The number of rotatable bonds is 12. The predicted molar refractivity (Wildman–Crippen MR) is 153 cm³/mol. The Labute approximate surface area is 229 Å². The molecule has 1 heterocycles. The van der Waals surface area contributed by atoms with Gasteiger partial charge in [0.15, 0.2) is 0 Å². The number of aryl methyl sites for hydroxylation is 1. The Bertz CT molecular complexity index is 1530. The van der Waals surface area contributed by atoms with Gasteiger partial charge in [0.25, 0.3) is 10.0 Å². The van der Waals surface area contributed by atoms with Crippen molar-refractivity contribution in [3.05, 3.63) is 96.2 Å². The summed E-state index contributed by atoms with van der Waals surface area (Å²) < 4.78 is 35.1. The molecule has 9 heteroatoms. The van der Waals surface area contributed by atoms with Crippen molar-refractivity contribution in [2.75, 3.05) is 17.9 Å². The van der Waals surface area contributed by atoms with Gasteiger partial charge in [0.1, 0.15) is 0 Å². The van der Waals surface area contributed by atoms with Gasteiger partial charge in [-0.1, -0.05) is 36.4 Å². The van der Waals surface area contributed by atoms with Crippen molar-refractivity contribution in [1.29, 1.82) is 0 Å². The highest BCUT2D eigenvalue weighted by Crippen LogP contribution is 2.23. The lowest BCUT2D eigenvalue weighted by Gasteiger charge is -2.28. The summed E-state index contributed by atoms with van der Waals surface area (Å²) in [6.07, 6.45) is 1.95. The van der Waals surface area contributed by atoms with Gasteiger partial charge in [-0.2, -0.15) is 0 Å². The Balaban J connectivity index is 1.36. The molecule has 0 aliphatic rings. The molecule has 8 nitrogen and oxygen atoms in total. The fourth-order valence-corrected chi connectivity index (χ4v) is 5.39. The molecule has 1 unspecified atom stereocenters. The third-order valence-electron chi connectivity index (χ3n) is 6.61. The van der Waals surface area contributed by atoms with Crippen LogP contribution in [0.25, 0.3) is 10.9 Å². The molecule has 0 spiro atoms. The lowest BCUT2D eigenvalue weighted by molar-refractivity contribution is 0.0526. The van der Waals surface area contributed by atoms with E-state index in [4.69, 9.17) is 4.74 Å². The summed E-state index contributed by atoms with van der Waals surface area (Å²) in [5, 5.41) is 15.3. The van der Waals surface area contributed by atoms with E-state index in [9.17, 15) is 18.3 Å². The van der Waals surface area contributed by atoms with Crippen LogP contribution >= 0.6 is 0 Å². The van der Waals surface area contributed by atoms with Crippen molar-refractivity contribution in [2.45, 2.75) is 50.3 Å². The smallest absolute Gasteiger partial charge is 0.338 e. The van der Waals surface area contributed by atoms with Crippen LogP contribution in [0.5, 0.6) is 0 Å². The van der Waals surface area contributed by atoms with Crippen molar-refractivity contribution in [3.8, 4) is 0 Å². The number of hydrogen-bond acceptors (Lipinski definition) is 6. The summed E-state index contributed by atoms with van der Waals surface area (Å²) >= 11 is 0. The molecule has 0 aliphatic heterocycles. The number of aliphatic hydroxyl groups excluding tert-OH is 1. The Kier molecular flexibility index (Phi) is 8.74. The van der Waals surface area contributed by atoms with Crippen LogP contribution in [-0.4, -0.2) is 42.8 Å². The van der Waals surface area contributed by atoms with Gasteiger partial charge in [0.05, 0.1) is 23.2 Å². The van der Waals surface area contributed by atoms with Gasteiger partial charge in [0, 0.05) is 36.0 Å². The second-order valence-corrected chi connectivity index (χ2v) is 11.8. The van der Waals surface area contributed by atoms with Crippen LogP contribution in [-0.2, 0) is 21.3 Å². The summed E-state index contributed by atoms with van der Waals surface area (Å²) in [5.74, 6) is -0.333. The lowest BCUT2D eigenvalue weighted by Crippen LogP contribution is -2.42. The molecule has 4 aromatic rings. The van der Waals surface area contributed by atoms with Gasteiger partial charge in [-0.15, -0.1) is 0 Å². The van der Waals surface area contributed by atoms with Gasteiger partial charge in [-0.05, 0) is 80.6 Å². The van der Waals surface area contributed by atoms with Crippen molar-refractivity contribution in [1.82, 2.24) is 9.88 Å². The fraction of sp³-hybridized carbons (Fsp3) is 0.300. The first-order valence-electron chi connectivity index (χ1n) is 12.9. The molecular weight excluding hydrogens is 514 g/mol. The minimum absolute atomic E-state index is 0.173. The summed E-state index contributed by atoms with van der Waals surface area (Å²) in [6.45, 7) is 7.26. The van der Waals surface area contributed by atoms with Crippen molar-refractivity contribution in [3.63, 3.8) is 0 Å². The van der Waals surface area contributed by atoms with E-state index in [1.807, 2.05) is 24.4 Å². The number of aliphatic hydroxyl groups is 1. The van der Waals surface area contributed by atoms with Crippen LogP contribution < -0.4 is 10.0 Å². The van der Waals surface area contributed by atoms with Crippen LogP contribution in [0.3, 0.4) is 0 Å². The maximum absolute atomic E-state index is 12.7. The van der Waals surface area contributed by atoms with Gasteiger partial charge in [0.2, 0.25) is 0 Å². The van der Waals surface area contributed by atoms with Crippen molar-refractivity contribution < 1.29 is 23.1 Å².